The summed E-state index contributed by atoms with van der Waals surface area (Å²) in [6.07, 6.45) is 1.39. The average molecular weight is 348 g/mol. The Morgan fingerprint density at radius 3 is 2.24 bits per heavy atom. The van der Waals surface area contributed by atoms with E-state index in [1.54, 1.807) is 6.07 Å². The van der Waals surface area contributed by atoms with Crippen LogP contribution in [0.25, 0.3) is 11.1 Å². The highest BCUT2D eigenvalue weighted by Crippen LogP contribution is 2.44. The van der Waals surface area contributed by atoms with Crippen molar-refractivity contribution in [1.29, 1.82) is 0 Å². The fourth-order valence-corrected chi connectivity index (χ4v) is 3.96. The van der Waals surface area contributed by atoms with Gasteiger partial charge in [0.15, 0.2) is 0 Å². The van der Waals surface area contributed by atoms with Crippen LogP contribution in [-0.4, -0.2) is 6.36 Å². The highest BCUT2D eigenvalue weighted by atomic mass is 19.4. The second-order valence-corrected chi connectivity index (χ2v) is 6.61. The summed E-state index contributed by atoms with van der Waals surface area (Å²) in [5.41, 5.74) is 3.84. The van der Waals surface area contributed by atoms with Gasteiger partial charge in [-0.05, 0) is 53.5 Å². The smallest absolute Gasteiger partial charge is 0.405 e. The molecule has 0 bridgehead atoms. The molecule has 0 saturated heterocycles. The Bertz CT molecular complexity index is 701. The predicted molar refractivity (Wildman–Crippen MR) is 93.8 cm³/mol. The van der Waals surface area contributed by atoms with Gasteiger partial charge < -0.3 is 4.74 Å². The molecule has 0 aliphatic heterocycles. The highest BCUT2D eigenvalue weighted by Gasteiger charge is 2.33. The first-order valence-electron chi connectivity index (χ1n) is 8.96. The van der Waals surface area contributed by atoms with Crippen molar-refractivity contribution in [2.24, 2.45) is 0 Å². The van der Waals surface area contributed by atoms with Crippen molar-refractivity contribution < 1.29 is 17.9 Å². The third-order valence-corrected chi connectivity index (χ3v) is 4.99. The zero-order valence-corrected chi connectivity index (χ0v) is 14.4. The molecular formula is C21H23F3O. The Balaban J connectivity index is 2.14. The molecule has 0 radical (unpaired) electrons. The molecule has 1 aliphatic carbocycles. The normalized spacial score (nSPS) is 16.0. The molecule has 1 fully saturated rings. The van der Waals surface area contributed by atoms with E-state index in [0.717, 1.165) is 42.4 Å². The fraction of sp³-hybridized carbons (Fsp3) is 0.429. The molecule has 1 saturated carbocycles. The van der Waals surface area contributed by atoms with Gasteiger partial charge in [0, 0.05) is 0 Å². The number of ether oxygens (including phenoxy) is 1. The summed E-state index contributed by atoms with van der Waals surface area (Å²) < 4.78 is 42.8. The third kappa shape index (κ3) is 4.17. The van der Waals surface area contributed by atoms with Crippen LogP contribution in [0.3, 0.4) is 0 Å². The van der Waals surface area contributed by atoms with E-state index >= 15 is 0 Å². The molecule has 1 aliphatic rings. The first-order chi connectivity index (χ1) is 12.0. The summed E-state index contributed by atoms with van der Waals surface area (Å²) in [5, 5.41) is 0. The van der Waals surface area contributed by atoms with Crippen LogP contribution in [0.2, 0.25) is 0 Å². The predicted octanol–water partition coefficient (Wildman–Crippen LogP) is 6.86. The quantitative estimate of drug-likeness (QED) is 0.586. The lowest BCUT2D eigenvalue weighted by atomic mass is 9.78. The minimum Gasteiger partial charge on any atom is -0.405 e. The maximum Gasteiger partial charge on any atom is 0.573 e. The van der Waals surface area contributed by atoms with Gasteiger partial charge in [0.2, 0.25) is 0 Å². The van der Waals surface area contributed by atoms with E-state index in [2.05, 4.69) is 4.74 Å². The summed E-state index contributed by atoms with van der Waals surface area (Å²) in [7, 11) is 0. The first-order valence-corrected chi connectivity index (χ1v) is 8.96. The van der Waals surface area contributed by atoms with Crippen LogP contribution in [0.4, 0.5) is 13.2 Å². The zero-order chi connectivity index (χ0) is 17.9. The van der Waals surface area contributed by atoms with Gasteiger partial charge in [0.05, 0.1) is 0 Å². The van der Waals surface area contributed by atoms with Gasteiger partial charge in [-0.3, -0.25) is 0 Å². The van der Waals surface area contributed by atoms with Gasteiger partial charge in [-0.2, -0.15) is 0 Å². The Labute approximate surface area is 146 Å². The maximum absolute atomic E-state index is 12.8. The van der Waals surface area contributed by atoms with Gasteiger partial charge in [-0.1, -0.05) is 62.6 Å². The van der Waals surface area contributed by atoms with Crippen LogP contribution in [0.1, 0.15) is 56.1 Å². The monoisotopic (exact) mass is 348 g/mol. The minimum atomic E-state index is -4.66. The van der Waals surface area contributed by atoms with Crippen molar-refractivity contribution in [1.82, 2.24) is 0 Å². The van der Waals surface area contributed by atoms with E-state index in [1.807, 2.05) is 37.3 Å². The minimum absolute atomic E-state index is 0.0461. The third-order valence-electron chi connectivity index (χ3n) is 4.99. The summed E-state index contributed by atoms with van der Waals surface area (Å²) in [5.74, 6) is 0.256. The van der Waals surface area contributed by atoms with Crippen molar-refractivity contribution in [2.75, 3.05) is 0 Å². The molecule has 0 N–H and O–H groups in total. The Morgan fingerprint density at radius 2 is 1.64 bits per heavy atom. The van der Waals surface area contributed by atoms with Crippen molar-refractivity contribution in [3.63, 3.8) is 0 Å². The van der Waals surface area contributed by atoms with E-state index in [4.69, 9.17) is 0 Å². The molecule has 0 heterocycles. The van der Waals surface area contributed by atoms with E-state index < -0.39 is 6.36 Å². The van der Waals surface area contributed by atoms with Crippen molar-refractivity contribution in [3.8, 4) is 16.9 Å². The van der Waals surface area contributed by atoms with Gasteiger partial charge in [-0.15, -0.1) is 13.2 Å². The molecule has 2 aromatic carbocycles. The van der Waals surface area contributed by atoms with Crippen molar-refractivity contribution in [2.45, 2.75) is 57.7 Å². The molecule has 25 heavy (non-hydrogen) atoms. The van der Waals surface area contributed by atoms with Gasteiger partial charge in [-0.25, -0.2) is 0 Å². The molecule has 3 rings (SSSR count). The van der Waals surface area contributed by atoms with Crippen LogP contribution in [0.5, 0.6) is 5.75 Å². The Hall–Kier alpha value is -1.97. The lowest BCUT2D eigenvalue weighted by Crippen LogP contribution is -2.19. The fourth-order valence-electron chi connectivity index (χ4n) is 3.96. The summed E-state index contributed by atoms with van der Waals surface area (Å²) >= 11 is 0. The lowest BCUT2D eigenvalue weighted by molar-refractivity contribution is -0.274. The Morgan fingerprint density at radius 1 is 0.960 bits per heavy atom. The molecule has 0 atom stereocenters. The molecule has 0 spiro atoms. The maximum atomic E-state index is 12.8. The summed E-state index contributed by atoms with van der Waals surface area (Å²) in [6, 6.07) is 13.2. The van der Waals surface area contributed by atoms with Crippen LogP contribution in [-0.2, 0) is 6.42 Å². The van der Waals surface area contributed by atoms with Crippen LogP contribution < -0.4 is 4.74 Å². The largest absolute Gasteiger partial charge is 0.573 e. The number of halogens is 3. The first kappa shape index (κ1) is 17.8. The number of alkyl halides is 3. The van der Waals surface area contributed by atoms with Crippen molar-refractivity contribution >= 4 is 0 Å². The molecule has 0 amide bonds. The molecule has 4 heteroatoms. The molecular weight excluding hydrogens is 325 g/mol. The lowest BCUT2D eigenvalue weighted by Gasteiger charge is -2.28. The number of rotatable bonds is 4. The second-order valence-electron chi connectivity index (χ2n) is 6.61. The summed E-state index contributed by atoms with van der Waals surface area (Å²) in [6.45, 7) is 1.90. The molecule has 0 aromatic heterocycles. The van der Waals surface area contributed by atoms with Crippen molar-refractivity contribution in [3.05, 3.63) is 53.6 Å². The molecule has 0 unspecified atom stereocenters. The number of hydrogen-bond acceptors (Lipinski definition) is 1. The van der Waals surface area contributed by atoms with Gasteiger partial charge >= 0.3 is 6.36 Å². The number of hydrogen-bond donors (Lipinski definition) is 0. The Kier molecular flexibility index (Phi) is 5.36. The zero-order valence-electron chi connectivity index (χ0n) is 14.4. The summed E-state index contributed by atoms with van der Waals surface area (Å²) in [4.78, 5) is 0. The van der Waals surface area contributed by atoms with Crippen LogP contribution >= 0.6 is 0 Å². The van der Waals surface area contributed by atoms with E-state index in [9.17, 15) is 13.2 Å². The highest BCUT2D eigenvalue weighted by molar-refractivity contribution is 5.71. The van der Waals surface area contributed by atoms with Gasteiger partial charge in [0.25, 0.3) is 0 Å². The van der Waals surface area contributed by atoms with Gasteiger partial charge in [0.1, 0.15) is 5.75 Å². The second kappa shape index (κ2) is 7.51. The average Bonchev–Trinajstić information content (AvgIpc) is 2.61. The number of benzene rings is 2. The van der Waals surface area contributed by atoms with E-state index in [0.29, 0.717) is 17.9 Å². The topological polar surface area (TPSA) is 9.23 Å². The molecule has 2 aromatic rings. The molecule has 134 valence electrons. The van der Waals surface area contributed by atoms with E-state index in [-0.39, 0.29) is 5.75 Å². The van der Waals surface area contributed by atoms with Crippen LogP contribution in [0.15, 0.2) is 42.5 Å². The van der Waals surface area contributed by atoms with E-state index in [1.165, 1.54) is 12.5 Å². The SMILES string of the molecule is CCc1c(OC(F)(F)F)ccc(-c2ccccc2)c1C1CCCCC1. The van der Waals surface area contributed by atoms with Crippen LogP contribution in [0, 0.1) is 0 Å². The standard InChI is InChI=1S/C21H23F3O/c1-2-17-19(25-21(22,23)24)14-13-18(15-9-5-3-6-10-15)20(17)16-11-7-4-8-12-16/h3,5-6,9-10,13-14,16H,2,4,7-8,11-12H2,1H3. The molecule has 1 nitrogen and oxygen atoms in total.